The number of hydrogen-bond acceptors (Lipinski definition) is 1. The zero-order valence-electron chi connectivity index (χ0n) is 10.4. The Morgan fingerprint density at radius 1 is 1.17 bits per heavy atom. The normalized spacial score (nSPS) is 12.5. The molecule has 3 heteroatoms. The summed E-state index contributed by atoms with van der Waals surface area (Å²) in [4.78, 5) is 0. The van der Waals surface area contributed by atoms with E-state index in [9.17, 15) is 4.39 Å². The van der Waals surface area contributed by atoms with Crippen molar-refractivity contribution in [3.05, 3.63) is 69.5 Å². The van der Waals surface area contributed by atoms with Crippen molar-refractivity contribution < 1.29 is 4.39 Å². The number of benzene rings is 2. The fraction of sp³-hybridized carbons (Fsp3) is 0.200. The predicted octanol–water partition coefficient (Wildman–Crippen LogP) is 4.14. The average Bonchev–Trinajstić information content (AvgIpc) is 2.35. The summed E-state index contributed by atoms with van der Waals surface area (Å²) in [6.45, 7) is 3.65. The summed E-state index contributed by atoms with van der Waals surface area (Å²) in [5.41, 5.74) is 9.41. The number of aryl methyl sites for hydroxylation is 1. The molecule has 0 heterocycles. The molecular formula is C15H15ClFN. The van der Waals surface area contributed by atoms with E-state index in [-0.39, 0.29) is 11.9 Å². The summed E-state index contributed by atoms with van der Waals surface area (Å²) >= 11 is 6.07. The predicted molar refractivity (Wildman–Crippen MR) is 73.4 cm³/mol. The van der Waals surface area contributed by atoms with Crippen LogP contribution in [0.15, 0.2) is 36.4 Å². The monoisotopic (exact) mass is 263 g/mol. The Kier molecular flexibility index (Phi) is 3.69. The van der Waals surface area contributed by atoms with E-state index in [1.165, 1.54) is 6.07 Å². The average molecular weight is 264 g/mol. The molecule has 0 radical (unpaired) electrons. The summed E-state index contributed by atoms with van der Waals surface area (Å²) in [7, 11) is 0. The van der Waals surface area contributed by atoms with Gasteiger partial charge in [-0.3, -0.25) is 0 Å². The topological polar surface area (TPSA) is 26.0 Å². The molecule has 0 aliphatic heterocycles. The van der Waals surface area contributed by atoms with Gasteiger partial charge in [-0.2, -0.15) is 0 Å². The zero-order chi connectivity index (χ0) is 13.3. The molecule has 1 nitrogen and oxygen atoms in total. The molecule has 0 aromatic heterocycles. The van der Waals surface area contributed by atoms with Crippen molar-refractivity contribution in [2.45, 2.75) is 19.9 Å². The number of nitrogens with two attached hydrogens (primary N) is 1. The molecule has 18 heavy (non-hydrogen) atoms. The van der Waals surface area contributed by atoms with Gasteiger partial charge in [0.25, 0.3) is 0 Å². The summed E-state index contributed by atoms with van der Waals surface area (Å²) in [6.07, 6.45) is 0. The lowest BCUT2D eigenvalue weighted by atomic mass is 9.95. The standard InChI is InChI=1S/C15H15ClFN/c1-9-6-7-11(8-14(9)17)15(18)12-4-3-5-13(16)10(12)2/h3-8,15H,18H2,1-2H3. The Bertz CT molecular complexity index is 581. The fourth-order valence-corrected chi connectivity index (χ4v) is 2.13. The van der Waals surface area contributed by atoms with E-state index < -0.39 is 0 Å². The maximum absolute atomic E-state index is 13.6. The van der Waals surface area contributed by atoms with Crippen molar-refractivity contribution >= 4 is 11.6 Å². The van der Waals surface area contributed by atoms with Gasteiger partial charge in [0.05, 0.1) is 6.04 Å². The minimum Gasteiger partial charge on any atom is -0.320 e. The first-order valence-corrected chi connectivity index (χ1v) is 6.15. The lowest BCUT2D eigenvalue weighted by Crippen LogP contribution is -2.13. The van der Waals surface area contributed by atoms with Crippen LogP contribution in [0.3, 0.4) is 0 Å². The molecule has 1 unspecified atom stereocenters. The van der Waals surface area contributed by atoms with Crippen molar-refractivity contribution in [2.24, 2.45) is 5.73 Å². The van der Waals surface area contributed by atoms with Crippen LogP contribution >= 0.6 is 11.6 Å². The minimum atomic E-state index is -0.362. The van der Waals surface area contributed by atoms with Gasteiger partial charge in [0.15, 0.2) is 0 Å². The Labute approximate surface area is 111 Å². The van der Waals surface area contributed by atoms with Gasteiger partial charge in [-0.25, -0.2) is 4.39 Å². The second-order valence-corrected chi connectivity index (χ2v) is 4.85. The summed E-state index contributed by atoms with van der Waals surface area (Å²) in [5.74, 6) is -0.234. The Morgan fingerprint density at radius 2 is 1.89 bits per heavy atom. The highest BCUT2D eigenvalue weighted by Gasteiger charge is 2.14. The molecule has 0 bridgehead atoms. The maximum atomic E-state index is 13.6. The molecule has 0 fully saturated rings. The first-order chi connectivity index (χ1) is 8.50. The fourth-order valence-electron chi connectivity index (χ4n) is 1.94. The number of hydrogen-bond donors (Lipinski definition) is 1. The van der Waals surface area contributed by atoms with Crippen LogP contribution in [-0.2, 0) is 0 Å². The molecule has 94 valence electrons. The number of halogens is 2. The van der Waals surface area contributed by atoms with E-state index in [4.69, 9.17) is 17.3 Å². The van der Waals surface area contributed by atoms with E-state index in [0.29, 0.717) is 10.6 Å². The van der Waals surface area contributed by atoms with Gasteiger partial charge in [0.2, 0.25) is 0 Å². The SMILES string of the molecule is Cc1ccc(C(N)c2cccc(Cl)c2C)cc1F. The van der Waals surface area contributed by atoms with Gasteiger partial charge >= 0.3 is 0 Å². The molecule has 0 spiro atoms. The van der Waals surface area contributed by atoms with E-state index in [1.807, 2.05) is 31.2 Å². The quantitative estimate of drug-likeness (QED) is 0.866. The minimum absolute atomic E-state index is 0.234. The van der Waals surface area contributed by atoms with Crippen molar-refractivity contribution in [2.75, 3.05) is 0 Å². The lowest BCUT2D eigenvalue weighted by molar-refractivity contribution is 0.614. The summed E-state index contributed by atoms with van der Waals surface area (Å²) in [5, 5.41) is 0.676. The largest absolute Gasteiger partial charge is 0.320 e. The summed E-state index contributed by atoms with van der Waals surface area (Å²) in [6, 6.07) is 10.3. The van der Waals surface area contributed by atoms with Crippen LogP contribution in [-0.4, -0.2) is 0 Å². The van der Waals surface area contributed by atoms with Crippen molar-refractivity contribution in [3.63, 3.8) is 0 Å². The Morgan fingerprint density at radius 3 is 2.56 bits per heavy atom. The van der Waals surface area contributed by atoms with Crippen LogP contribution < -0.4 is 5.73 Å². The first kappa shape index (κ1) is 13.1. The third-order valence-electron chi connectivity index (χ3n) is 3.20. The maximum Gasteiger partial charge on any atom is 0.126 e. The van der Waals surface area contributed by atoms with Gasteiger partial charge < -0.3 is 5.73 Å². The number of rotatable bonds is 2. The molecule has 0 amide bonds. The smallest absolute Gasteiger partial charge is 0.126 e. The second-order valence-electron chi connectivity index (χ2n) is 4.44. The molecule has 2 N–H and O–H groups in total. The molecule has 0 aliphatic carbocycles. The van der Waals surface area contributed by atoms with Crippen molar-refractivity contribution in [3.8, 4) is 0 Å². The van der Waals surface area contributed by atoms with E-state index in [2.05, 4.69) is 0 Å². The van der Waals surface area contributed by atoms with Crippen LogP contribution in [0.25, 0.3) is 0 Å². The molecule has 2 rings (SSSR count). The van der Waals surface area contributed by atoms with Gasteiger partial charge in [0.1, 0.15) is 5.82 Å². The third kappa shape index (κ3) is 2.40. The molecule has 0 saturated heterocycles. The lowest BCUT2D eigenvalue weighted by Gasteiger charge is -2.16. The van der Waals surface area contributed by atoms with Gasteiger partial charge in [0, 0.05) is 5.02 Å². The molecule has 1 atom stereocenters. The molecule has 0 aliphatic rings. The second kappa shape index (κ2) is 5.09. The van der Waals surface area contributed by atoms with E-state index >= 15 is 0 Å². The Hall–Kier alpha value is -1.38. The molecular weight excluding hydrogens is 249 g/mol. The molecule has 2 aromatic rings. The van der Waals surface area contributed by atoms with Crippen LogP contribution in [0.5, 0.6) is 0 Å². The van der Waals surface area contributed by atoms with Gasteiger partial charge in [-0.1, -0.05) is 35.9 Å². The van der Waals surface area contributed by atoms with E-state index in [1.54, 1.807) is 13.0 Å². The van der Waals surface area contributed by atoms with Gasteiger partial charge in [-0.05, 0) is 48.2 Å². The van der Waals surface area contributed by atoms with Crippen molar-refractivity contribution in [1.82, 2.24) is 0 Å². The van der Waals surface area contributed by atoms with Crippen molar-refractivity contribution in [1.29, 1.82) is 0 Å². The van der Waals surface area contributed by atoms with Crippen LogP contribution in [0, 0.1) is 19.7 Å². The van der Waals surface area contributed by atoms with Gasteiger partial charge in [-0.15, -0.1) is 0 Å². The molecule has 2 aromatic carbocycles. The van der Waals surface area contributed by atoms with E-state index in [0.717, 1.165) is 16.7 Å². The highest BCUT2D eigenvalue weighted by molar-refractivity contribution is 6.31. The Balaban J connectivity index is 2.44. The van der Waals surface area contributed by atoms with Crippen LogP contribution in [0.1, 0.15) is 28.3 Å². The highest BCUT2D eigenvalue weighted by Crippen LogP contribution is 2.27. The highest BCUT2D eigenvalue weighted by atomic mass is 35.5. The zero-order valence-corrected chi connectivity index (χ0v) is 11.1. The van der Waals surface area contributed by atoms with Crippen LogP contribution in [0.2, 0.25) is 5.02 Å². The molecule has 0 saturated carbocycles. The summed E-state index contributed by atoms with van der Waals surface area (Å²) < 4.78 is 13.6. The third-order valence-corrected chi connectivity index (χ3v) is 3.61. The first-order valence-electron chi connectivity index (χ1n) is 5.77. The van der Waals surface area contributed by atoms with Crippen LogP contribution in [0.4, 0.5) is 4.39 Å².